The third kappa shape index (κ3) is 3.73. The van der Waals surface area contributed by atoms with Crippen LogP contribution in [-0.2, 0) is 15.8 Å². The first kappa shape index (κ1) is 16.0. The lowest BCUT2D eigenvalue weighted by Crippen LogP contribution is -2.40. The van der Waals surface area contributed by atoms with Gasteiger partial charge in [0.1, 0.15) is 11.5 Å². The van der Waals surface area contributed by atoms with Gasteiger partial charge in [0, 0.05) is 6.07 Å². The molecular weight excluding hydrogens is 301 g/mol. The zero-order valence-corrected chi connectivity index (χ0v) is 9.22. The van der Waals surface area contributed by atoms with E-state index >= 15 is 0 Å². The molecular formula is C9H5F7N2O2. The quantitative estimate of drug-likeness (QED) is 0.518. The predicted octanol–water partition coefficient (Wildman–Crippen LogP) is 2.55. The Morgan fingerprint density at radius 2 is 1.70 bits per heavy atom. The molecule has 0 bridgehead atoms. The van der Waals surface area contributed by atoms with Crippen LogP contribution in [0.25, 0.3) is 0 Å². The molecule has 0 aromatic heterocycles. The first-order valence-electron chi connectivity index (χ1n) is 4.63. The van der Waals surface area contributed by atoms with Gasteiger partial charge in [0.25, 0.3) is 0 Å². The fourth-order valence-electron chi connectivity index (χ4n) is 1.12. The number of halogens is 7. The molecule has 0 atom stereocenters. The molecule has 4 nitrogen and oxygen atoms in total. The maximum absolute atomic E-state index is 12.9. The molecule has 0 saturated heterocycles. The number of nitrogens with two attached hydrogens (primary N) is 1. The molecule has 0 unspecified atom stereocenters. The Kier molecular flexibility index (Phi) is 4.12. The number of anilines is 1. The number of benzene rings is 1. The van der Waals surface area contributed by atoms with Crippen LogP contribution in [0.3, 0.4) is 0 Å². The molecule has 0 radical (unpaired) electrons. The molecule has 0 aliphatic carbocycles. The topological polar surface area (TPSA) is 55.6 Å². The van der Waals surface area contributed by atoms with Gasteiger partial charge in [-0.25, -0.2) is 15.0 Å². The average Bonchev–Trinajstić information content (AvgIpc) is 2.25. The van der Waals surface area contributed by atoms with E-state index in [4.69, 9.17) is 5.84 Å². The van der Waals surface area contributed by atoms with E-state index in [1.165, 1.54) is 0 Å². The summed E-state index contributed by atoms with van der Waals surface area (Å²) < 4.78 is 86.1. The van der Waals surface area contributed by atoms with E-state index < -0.39 is 40.6 Å². The lowest BCUT2D eigenvalue weighted by atomic mass is 10.1. The van der Waals surface area contributed by atoms with Crippen LogP contribution in [0.2, 0.25) is 0 Å². The Balaban J connectivity index is 3.12. The van der Waals surface area contributed by atoms with Crippen molar-refractivity contribution in [1.82, 2.24) is 0 Å². The summed E-state index contributed by atoms with van der Waals surface area (Å²) in [5.41, 5.74) is -2.86. The van der Waals surface area contributed by atoms with Crippen LogP contribution >= 0.6 is 0 Å². The van der Waals surface area contributed by atoms with E-state index in [2.05, 4.69) is 4.84 Å². The van der Waals surface area contributed by atoms with E-state index in [1.54, 1.807) is 0 Å². The van der Waals surface area contributed by atoms with Crippen molar-refractivity contribution in [2.24, 2.45) is 5.84 Å². The van der Waals surface area contributed by atoms with Crippen LogP contribution in [0.4, 0.5) is 36.4 Å². The number of carbonyl (C=O) groups excluding carboxylic acids is 1. The summed E-state index contributed by atoms with van der Waals surface area (Å²) in [4.78, 5) is 13.9. The molecule has 0 aliphatic rings. The summed E-state index contributed by atoms with van der Waals surface area (Å²) in [5, 5.41) is -0.596. The van der Waals surface area contributed by atoms with E-state index in [0.29, 0.717) is 6.07 Å². The average molecular weight is 306 g/mol. The van der Waals surface area contributed by atoms with Gasteiger partial charge in [0.05, 0.1) is 5.56 Å². The first-order valence-corrected chi connectivity index (χ1v) is 4.63. The zero-order chi connectivity index (χ0) is 15.7. The summed E-state index contributed by atoms with van der Waals surface area (Å²) in [6.07, 6.45) is -10.5. The number of nitrogens with zero attached hydrogens (tertiary/aromatic N) is 1. The molecule has 2 N–H and O–H groups in total. The van der Waals surface area contributed by atoms with Gasteiger partial charge in [-0.3, -0.25) is 0 Å². The highest BCUT2D eigenvalue weighted by Gasteiger charge is 2.43. The highest BCUT2D eigenvalue weighted by Crippen LogP contribution is 2.36. The monoisotopic (exact) mass is 306 g/mol. The van der Waals surface area contributed by atoms with Gasteiger partial charge >= 0.3 is 18.3 Å². The Bertz CT molecular complexity index is 512. The second kappa shape index (κ2) is 5.15. The Morgan fingerprint density at radius 1 is 1.15 bits per heavy atom. The van der Waals surface area contributed by atoms with Crippen molar-refractivity contribution in [1.29, 1.82) is 0 Å². The third-order valence-corrected chi connectivity index (χ3v) is 1.92. The van der Waals surface area contributed by atoms with Crippen LogP contribution in [0, 0.1) is 5.82 Å². The number of carbonyl (C=O) groups is 1. The molecule has 1 rings (SSSR count). The maximum atomic E-state index is 12.9. The van der Waals surface area contributed by atoms with Crippen molar-refractivity contribution in [3.8, 4) is 0 Å². The Hall–Kier alpha value is -2.04. The minimum absolute atomic E-state index is 0.173. The summed E-state index contributed by atoms with van der Waals surface area (Å²) >= 11 is 0. The summed E-state index contributed by atoms with van der Waals surface area (Å²) in [7, 11) is 0. The highest BCUT2D eigenvalue weighted by atomic mass is 19.4. The van der Waals surface area contributed by atoms with Gasteiger partial charge in [0.2, 0.25) is 0 Å². The fraction of sp³-hybridized carbons (Fsp3) is 0.222. The number of alkyl halides is 6. The largest absolute Gasteiger partial charge is 0.493 e. The van der Waals surface area contributed by atoms with Gasteiger partial charge < -0.3 is 4.84 Å². The Morgan fingerprint density at radius 3 is 2.15 bits per heavy atom. The lowest BCUT2D eigenvalue weighted by molar-refractivity contribution is -0.201. The summed E-state index contributed by atoms with van der Waals surface area (Å²) in [6.45, 7) is 0. The number of hydrogen-bond donors (Lipinski definition) is 1. The first-order chi connectivity index (χ1) is 8.93. The zero-order valence-electron chi connectivity index (χ0n) is 9.22. The number of hydrazine groups is 1. The highest BCUT2D eigenvalue weighted by molar-refractivity contribution is 5.76. The van der Waals surface area contributed by atoms with Crippen molar-refractivity contribution >= 4 is 11.7 Å². The normalized spacial score (nSPS) is 12.2. The van der Waals surface area contributed by atoms with Gasteiger partial charge in [-0.15, -0.1) is 5.17 Å². The second-order valence-corrected chi connectivity index (χ2v) is 3.36. The molecule has 0 saturated carbocycles. The van der Waals surface area contributed by atoms with Crippen LogP contribution in [0.5, 0.6) is 0 Å². The van der Waals surface area contributed by atoms with Crippen molar-refractivity contribution in [2.75, 3.05) is 5.17 Å². The number of rotatable bonds is 2. The SMILES string of the molecule is NN(OC(=O)C(F)(F)F)c1cc(F)ccc1C(F)(F)F. The molecule has 0 fully saturated rings. The Labute approximate surface area is 106 Å². The van der Waals surface area contributed by atoms with E-state index in [9.17, 15) is 35.5 Å². The smallest absolute Gasteiger partial charge is 0.316 e. The predicted molar refractivity (Wildman–Crippen MR) is 50.2 cm³/mol. The van der Waals surface area contributed by atoms with Crippen LogP contribution in [0.15, 0.2) is 18.2 Å². The summed E-state index contributed by atoms with van der Waals surface area (Å²) in [6, 6.07) is 0.837. The molecule has 0 aliphatic heterocycles. The van der Waals surface area contributed by atoms with Gasteiger partial charge in [-0.2, -0.15) is 26.3 Å². The van der Waals surface area contributed by atoms with Crippen LogP contribution in [0.1, 0.15) is 5.56 Å². The van der Waals surface area contributed by atoms with Crippen LogP contribution in [-0.4, -0.2) is 12.1 Å². The van der Waals surface area contributed by atoms with Gasteiger partial charge in [0.15, 0.2) is 0 Å². The van der Waals surface area contributed by atoms with Crippen molar-refractivity contribution in [3.63, 3.8) is 0 Å². The molecule has 20 heavy (non-hydrogen) atoms. The van der Waals surface area contributed by atoms with Crippen molar-refractivity contribution in [2.45, 2.75) is 12.4 Å². The van der Waals surface area contributed by atoms with Gasteiger partial charge in [-0.1, -0.05) is 0 Å². The van der Waals surface area contributed by atoms with Crippen molar-refractivity contribution < 1.29 is 40.4 Å². The second-order valence-electron chi connectivity index (χ2n) is 3.36. The molecule has 11 heteroatoms. The fourth-order valence-corrected chi connectivity index (χ4v) is 1.12. The molecule has 1 aromatic rings. The minimum atomic E-state index is -5.47. The molecule has 0 spiro atoms. The number of hydrogen-bond acceptors (Lipinski definition) is 4. The molecule has 0 amide bonds. The molecule has 1 aromatic carbocycles. The third-order valence-electron chi connectivity index (χ3n) is 1.92. The van der Waals surface area contributed by atoms with Gasteiger partial charge in [-0.05, 0) is 12.1 Å². The maximum Gasteiger partial charge on any atom is 0.493 e. The van der Waals surface area contributed by atoms with Crippen molar-refractivity contribution in [3.05, 3.63) is 29.6 Å². The molecule has 112 valence electrons. The van der Waals surface area contributed by atoms with E-state index in [-0.39, 0.29) is 12.1 Å². The lowest BCUT2D eigenvalue weighted by Gasteiger charge is -2.21. The van der Waals surface area contributed by atoms with Crippen LogP contribution < -0.4 is 11.0 Å². The minimum Gasteiger partial charge on any atom is -0.316 e. The summed E-state index contributed by atoms with van der Waals surface area (Å²) in [5.74, 6) is 0.717. The van der Waals surface area contributed by atoms with E-state index in [1.807, 2.05) is 0 Å². The molecule has 0 heterocycles. The standard InChI is InChI=1S/C9H5F7N2O2/c10-4-1-2-5(8(11,12)13)6(3-4)18(17)20-7(19)9(14,15)16/h1-3H,17H2. The van der Waals surface area contributed by atoms with E-state index in [0.717, 1.165) is 0 Å².